The highest BCUT2D eigenvalue weighted by Crippen LogP contribution is 2.26. The van der Waals surface area contributed by atoms with Crippen molar-refractivity contribution in [3.05, 3.63) is 32.4 Å². The molecule has 0 aliphatic carbocycles. The second-order valence-corrected chi connectivity index (χ2v) is 5.34. The molecule has 88 valence electrons. The van der Waals surface area contributed by atoms with E-state index in [1.807, 2.05) is 22.9 Å². The highest BCUT2D eigenvalue weighted by atomic mass is 35.5. The average molecular weight is 286 g/mol. The summed E-state index contributed by atoms with van der Waals surface area (Å²) in [6, 6.07) is 3.82. The zero-order valence-corrected chi connectivity index (χ0v) is 10.9. The van der Waals surface area contributed by atoms with Gasteiger partial charge in [-0.25, -0.2) is 4.98 Å². The van der Waals surface area contributed by atoms with Crippen LogP contribution in [0.2, 0.25) is 5.15 Å². The molecule has 0 aliphatic heterocycles. The minimum atomic E-state index is -0.588. The molecule has 0 fully saturated rings. The number of rotatable bonds is 4. The van der Waals surface area contributed by atoms with E-state index in [4.69, 9.17) is 16.9 Å². The molecule has 0 spiro atoms. The Morgan fingerprint density at radius 3 is 3.06 bits per heavy atom. The number of aliphatic hydroxyl groups excluding tert-OH is 1. The monoisotopic (exact) mass is 285 g/mol. The van der Waals surface area contributed by atoms with Crippen molar-refractivity contribution in [2.45, 2.75) is 6.10 Å². The van der Waals surface area contributed by atoms with Gasteiger partial charge in [0.15, 0.2) is 10.3 Å². The van der Waals surface area contributed by atoms with E-state index >= 15 is 0 Å². The van der Waals surface area contributed by atoms with Crippen molar-refractivity contribution in [1.82, 2.24) is 4.98 Å². The Hall–Kier alpha value is -1.13. The van der Waals surface area contributed by atoms with Crippen molar-refractivity contribution >= 4 is 39.4 Å². The number of hydrogen-bond donors (Lipinski definition) is 2. The van der Waals surface area contributed by atoms with Gasteiger partial charge in [-0.1, -0.05) is 22.9 Å². The molecule has 0 bridgehead atoms. The lowest BCUT2D eigenvalue weighted by atomic mass is 10.2. The van der Waals surface area contributed by atoms with E-state index in [0.717, 1.165) is 5.56 Å². The second-order valence-electron chi connectivity index (χ2n) is 3.20. The molecule has 0 saturated carbocycles. The molecule has 2 heterocycles. The first-order valence-electron chi connectivity index (χ1n) is 4.71. The molecule has 1 unspecified atom stereocenters. The second kappa shape index (κ2) is 5.47. The molecule has 0 aliphatic rings. The first kappa shape index (κ1) is 12.3. The normalized spacial score (nSPS) is 12.1. The number of nitrogens with one attached hydrogen (secondary N) is 1. The van der Waals surface area contributed by atoms with Crippen LogP contribution in [-0.4, -0.2) is 16.6 Å². The van der Waals surface area contributed by atoms with Crippen molar-refractivity contribution in [2.24, 2.45) is 0 Å². The Morgan fingerprint density at radius 2 is 2.47 bits per heavy atom. The first-order chi connectivity index (χ1) is 8.20. The Bertz CT molecular complexity index is 532. The summed E-state index contributed by atoms with van der Waals surface area (Å²) in [7, 11) is 0. The van der Waals surface area contributed by atoms with Gasteiger partial charge in [-0.15, -0.1) is 0 Å². The number of hydrogen-bond acceptors (Lipinski definition) is 6. The number of nitriles is 1. The van der Waals surface area contributed by atoms with Gasteiger partial charge in [0.2, 0.25) is 0 Å². The van der Waals surface area contributed by atoms with E-state index < -0.39 is 6.10 Å². The van der Waals surface area contributed by atoms with Crippen molar-refractivity contribution < 1.29 is 5.11 Å². The maximum absolute atomic E-state index is 9.83. The number of aromatic nitrogens is 1. The molecule has 2 rings (SSSR count). The van der Waals surface area contributed by atoms with Crippen LogP contribution in [0.15, 0.2) is 16.8 Å². The smallest absolute Gasteiger partial charge is 0.185 e. The predicted octanol–water partition coefficient (Wildman–Crippen LogP) is 2.88. The molecular formula is C10H8ClN3OS2. The number of thiophene rings is 1. The van der Waals surface area contributed by atoms with Crippen LogP contribution in [0.3, 0.4) is 0 Å². The molecule has 4 nitrogen and oxygen atoms in total. The van der Waals surface area contributed by atoms with Crippen LogP contribution >= 0.6 is 34.3 Å². The molecule has 0 aromatic carbocycles. The van der Waals surface area contributed by atoms with E-state index in [2.05, 4.69) is 10.3 Å². The Labute approximate surface area is 111 Å². The van der Waals surface area contributed by atoms with Crippen LogP contribution in [0, 0.1) is 11.3 Å². The van der Waals surface area contributed by atoms with E-state index in [1.54, 1.807) is 0 Å². The van der Waals surface area contributed by atoms with E-state index in [9.17, 15) is 5.11 Å². The van der Waals surface area contributed by atoms with Gasteiger partial charge < -0.3 is 10.4 Å². The molecule has 2 aromatic rings. The summed E-state index contributed by atoms with van der Waals surface area (Å²) in [5, 5.41) is 26.0. The molecule has 17 heavy (non-hydrogen) atoms. The van der Waals surface area contributed by atoms with Crippen molar-refractivity contribution in [1.29, 1.82) is 5.26 Å². The lowest BCUT2D eigenvalue weighted by Gasteiger charge is -2.08. The van der Waals surface area contributed by atoms with Crippen molar-refractivity contribution in [3.8, 4) is 6.07 Å². The summed E-state index contributed by atoms with van der Waals surface area (Å²) in [6.07, 6.45) is -0.588. The van der Waals surface area contributed by atoms with Gasteiger partial charge >= 0.3 is 0 Å². The first-order valence-corrected chi connectivity index (χ1v) is 6.85. The summed E-state index contributed by atoms with van der Waals surface area (Å²) in [4.78, 5) is 4.35. The third kappa shape index (κ3) is 2.96. The van der Waals surface area contributed by atoms with Crippen LogP contribution in [-0.2, 0) is 0 Å². The lowest BCUT2D eigenvalue weighted by molar-refractivity contribution is 0.192. The number of aliphatic hydroxyl groups is 1. The maximum Gasteiger partial charge on any atom is 0.185 e. The summed E-state index contributed by atoms with van der Waals surface area (Å²) >= 11 is 8.45. The summed E-state index contributed by atoms with van der Waals surface area (Å²) in [5.41, 5.74) is 0.866. The molecular weight excluding hydrogens is 278 g/mol. The highest BCUT2D eigenvalue weighted by Gasteiger charge is 2.11. The summed E-state index contributed by atoms with van der Waals surface area (Å²) < 4.78 is 0. The quantitative estimate of drug-likeness (QED) is 0.906. The fourth-order valence-electron chi connectivity index (χ4n) is 1.21. The molecule has 7 heteroatoms. The third-order valence-electron chi connectivity index (χ3n) is 2.06. The molecule has 2 aromatic heterocycles. The molecule has 0 saturated heterocycles. The third-order valence-corrected chi connectivity index (χ3v) is 4.07. The van der Waals surface area contributed by atoms with Gasteiger partial charge in [-0.2, -0.15) is 16.6 Å². The Kier molecular flexibility index (Phi) is 3.97. The van der Waals surface area contributed by atoms with Crippen LogP contribution in [0.1, 0.15) is 16.5 Å². The van der Waals surface area contributed by atoms with Crippen molar-refractivity contribution in [2.75, 3.05) is 11.9 Å². The lowest BCUT2D eigenvalue weighted by Crippen LogP contribution is -2.11. The van der Waals surface area contributed by atoms with Crippen LogP contribution in [0.4, 0.5) is 5.13 Å². The van der Waals surface area contributed by atoms with E-state index in [1.165, 1.54) is 22.7 Å². The van der Waals surface area contributed by atoms with Crippen LogP contribution < -0.4 is 5.32 Å². The summed E-state index contributed by atoms with van der Waals surface area (Å²) in [5.74, 6) is 0. The minimum absolute atomic E-state index is 0.199. The van der Waals surface area contributed by atoms with Gasteiger partial charge in [-0.05, 0) is 22.4 Å². The highest BCUT2D eigenvalue weighted by molar-refractivity contribution is 7.16. The van der Waals surface area contributed by atoms with Gasteiger partial charge in [-0.3, -0.25) is 0 Å². The predicted molar refractivity (Wildman–Crippen MR) is 69.6 cm³/mol. The zero-order chi connectivity index (χ0) is 12.3. The van der Waals surface area contributed by atoms with E-state index in [-0.39, 0.29) is 5.15 Å². The zero-order valence-electron chi connectivity index (χ0n) is 8.55. The van der Waals surface area contributed by atoms with Gasteiger partial charge in [0, 0.05) is 6.54 Å². The number of thiazole rings is 1. The molecule has 2 N–H and O–H groups in total. The maximum atomic E-state index is 9.83. The van der Waals surface area contributed by atoms with Crippen LogP contribution in [0.5, 0.6) is 0 Å². The molecule has 1 atom stereocenters. The number of anilines is 1. The average Bonchev–Trinajstić information content (AvgIpc) is 2.95. The Morgan fingerprint density at radius 1 is 1.65 bits per heavy atom. The van der Waals surface area contributed by atoms with Gasteiger partial charge in [0.25, 0.3) is 0 Å². The Balaban J connectivity index is 1.96. The van der Waals surface area contributed by atoms with Crippen molar-refractivity contribution in [3.63, 3.8) is 0 Å². The molecule has 0 amide bonds. The standard InChI is InChI=1S/C10H8ClN3OS2/c11-9-8(3-12)17-10(14-9)13-4-7(15)6-1-2-16-5-6/h1-2,5,7,15H,4H2,(H,13,14). The summed E-state index contributed by atoms with van der Waals surface area (Å²) in [6.45, 7) is 0.339. The SMILES string of the molecule is N#Cc1sc(NCC(O)c2ccsc2)nc1Cl. The number of halogens is 1. The fourth-order valence-corrected chi connectivity index (χ4v) is 2.87. The largest absolute Gasteiger partial charge is 0.387 e. The fraction of sp³-hybridized carbons (Fsp3) is 0.200. The van der Waals surface area contributed by atoms with E-state index in [0.29, 0.717) is 16.6 Å². The molecule has 0 radical (unpaired) electrons. The van der Waals surface area contributed by atoms with Gasteiger partial charge in [0.05, 0.1) is 6.10 Å². The topological polar surface area (TPSA) is 68.9 Å². The van der Waals surface area contributed by atoms with Crippen LogP contribution in [0.25, 0.3) is 0 Å². The number of nitrogens with zero attached hydrogens (tertiary/aromatic N) is 2. The van der Waals surface area contributed by atoms with Gasteiger partial charge in [0.1, 0.15) is 10.9 Å². The minimum Gasteiger partial charge on any atom is -0.387 e.